The summed E-state index contributed by atoms with van der Waals surface area (Å²) in [4.78, 5) is 27.2. The van der Waals surface area contributed by atoms with Crippen LogP contribution in [0.1, 0.15) is 16.1 Å². The number of carbonyl (C=O) groups excluding carboxylic acids is 2. The van der Waals surface area contributed by atoms with Crippen LogP contribution in [0.15, 0.2) is 84.9 Å². The van der Waals surface area contributed by atoms with Crippen LogP contribution in [0.5, 0.6) is 5.75 Å². The van der Waals surface area contributed by atoms with Gasteiger partial charge in [-0.2, -0.15) is 0 Å². The van der Waals surface area contributed by atoms with E-state index in [2.05, 4.69) is 10.3 Å². The minimum absolute atomic E-state index is 0.309. The molecule has 4 aromatic rings. The van der Waals surface area contributed by atoms with Crippen LogP contribution in [0.4, 0.5) is 5.69 Å². The highest BCUT2D eigenvalue weighted by Gasteiger charge is 2.13. The number of aromatic amines is 1. The number of fused-ring (bicyclic) bond motifs is 1. The Kier molecular flexibility index (Phi) is 5.75. The minimum atomic E-state index is -0.578. The van der Waals surface area contributed by atoms with E-state index < -0.39 is 11.9 Å². The van der Waals surface area contributed by atoms with Crippen LogP contribution >= 0.6 is 0 Å². The van der Waals surface area contributed by atoms with Crippen LogP contribution in [0, 0.1) is 0 Å². The number of para-hydroxylation sites is 1. The SMILES string of the molecule is O=C(COC(=O)c1cc2ccccc2[nH]1)Nc1ccc(OCc2ccccc2)cc1. The molecule has 2 N–H and O–H groups in total. The topological polar surface area (TPSA) is 80.4 Å². The van der Waals surface area contributed by atoms with Crippen LogP contribution < -0.4 is 10.1 Å². The highest BCUT2D eigenvalue weighted by Crippen LogP contribution is 2.18. The molecule has 1 aromatic heterocycles. The molecular weight excluding hydrogens is 380 g/mol. The Balaban J connectivity index is 1.25. The third-order valence-electron chi connectivity index (χ3n) is 4.47. The molecule has 3 aromatic carbocycles. The summed E-state index contributed by atoms with van der Waals surface area (Å²) in [7, 11) is 0. The third kappa shape index (κ3) is 4.86. The van der Waals surface area contributed by atoms with Gasteiger partial charge in [-0.15, -0.1) is 0 Å². The highest BCUT2D eigenvalue weighted by molar-refractivity contribution is 5.97. The predicted molar refractivity (Wildman–Crippen MR) is 114 cm³/mol. The van der Waals surface area contributed by atoms with E-state index in [0.29, 0.717) is 23.7 Å². The smallest absolute Gasteiger partial charge is 0.355 e. The number of anilines is 1. The Morgan fingerprint density at radius 2 is 1.60 bits per heavy atom. The van der Waals surface area contributed by atoms with Crippen molar-refractivity contribution in [3.8, 4) is 5.75 Å². The normalized spacial score (nSPS) is 10.5. The first-order valence-electron chi connectivity index (χ1n) is 9.49. The van der Waals surface area contributed by atoms with Gasteiger partial charge in [-0.25, -0.2) is 4.79 Å². The van der Waals surface area contributed by atoms with Gasteiger partial charge in [-0.05, 0) is 42.0 Å². The molecule has 0 spiro atoms. The Labute approximate surface area is 173 Å². The fourth-order valence-electron chi connectivity index (χ4n) is 2.96. The first kappa shape index (κ1) is 19.3. The summed E-state index contributed by atoms with van der Waals surface area (Å²) in [5.41, 5.74) is 2.81. The van der Waals surface area contributed by atoms with Crippen molar-refractivity contribution in [2.75, 3.05) is 11.9 Å². The quantitative estimate of drug-likeness (QED) is 0.446. The zero-order valence-electron chi connectivity index (χ0n) is 16.1. The number of H-pyrrole nitrogens is 1. The van der Waals surface area contributed by atoms with Gasteiger partial charge >= 0.3 is 5.97 Å². The number of nitrogens with one attached hydrogen (secondary N) is 2. The fourth-order valence-corrected chi connectivity index (χ4v) is 2.96. The molecule has 1 heterocycles. The number of benzene rings is 3. The Bertz CT molecular complexity index is 1120. The lowest BCUT2D eigenvalue weighted by Crippen LogP contribution is -2.21. The van der Waals surface area contributed by atoms with Crippen molar-refractivity contribution in [3.05, 3.63) is 96.2 Å². The molecule has 0 unspecified atom stereocenters. The number of hydrogen-bond donors (Lipinski definition) is 2. The van der Waals surface area contributed by atoms with Gasteiger partial charge < -0.3 is 19.8 Å². The molecule has 0 fully saturated rings. The highest BCUT2D eigenvalue weighted by atomic mass is 16.5. The molecule has 1 amide bonds. The number of esters is 1. The second kappa shape index (κ2) is 8.96. The molecule has 0 saturated carbocycles. The van der Waals surface area contributed by atoms with E-state index in [1.165, 1.54) is 0 Å². The first-order chi connectivity index (χ1) is 14.7. The maximum absolute atomic E-state index is 12.2. The van der Waals surface area contributed by atoms with Gasteiger partial charge in [0.25, 0.3) is 5.91 Å². The molecule has 6 nitrogen and oxygen atoms in total. The summed E-state index contributed by atoms with van der Waals surface area (Å²) in [5, 5.41) is 3.60. The lowest BCUT2D eigenvalue weighted by molar-refractivity contribution is -0.119. The van der Waals surface area contributed by atoms with E-state index in [-0.39, 0.29) is 6.61 Å². The number of carbonyl (C=O) groups is 2. The lowest BCUT2D eigenvalue weighted by Gasteiger charge is -2.09. The van der Waals surface area contributed by atoms with Crippen molar-refractivity contribution < 1.29 is 19.1 Å². The standard InChI is InChI=1S/C24H20N2O4/c27-23(16-30-24(28)22-14-18-8-4-5-9-21(18)26-22)25-19-10-12-20(13-11-19)29-15-17-6-2-1-3-7-17/h1-14,26H,15-16H2,(H,25,27). The molecule has 0 aliphatic heterocycles. The van der Waals surface area contributed by atoms with Crippen molar-refractivity contribution in [3.63, 3.8) is 0 Å². The Morgan fingerprint density at radius 1 is 0.867 bits per heavy atom. The predicted octanol–water partition coefficient (Wildman–Crippen LogP) is 4.54. The summed E-state index contributed by atoms with van der Waals surface area (Å²) in [6, 6.07) is 26.1. The number of rotatable bonds is 7. The van der Waals surface area contributed by atoms with E-state index in [1.54, 1.807) is 30.3 Å². The van der Waals surface area contributed by atoms with Crippen LogP contribution in [-0.4, -0.2) is 23.5 Å². The summed E-state index contributed by atoms with van der Waals surface area (Å²) in [5.74, 6) is -0.300. The second-order valence-electron chi connectivity index (χ2n) is 6.69. The molecule has 0 atom stereocenters. The van der Waals surface area contributed by atoms with Crippen molar-refractivity contribution in [1.82, 2.24) is 4.98 Å². The molecule has 6 heteroatoms. The van der Waals surface area contributed by atoms with Crippen LogP contribution in [0.3, 0.4) is 0 Å². The van der Waals surface area contributed by atoms with Gasteiger partial charge in [-0.1, -0.05) is 48.5 Å². The average molecular weight is 400 g/mol. The monoisotopic (exact) mass is 400 g/mol. The van der Waals surface area contributed by atoms with Gasteiger partial charge in [0.05, 0.1) is 0 Å². The molecule has 30 heavy (non-hydrogen) atoms. The van der Waals surface area contributed by atoms with Crippen molar-refractivity contribution in [2.45, 2.75) is 6.61 Å². The molecular formula is C24H20N2O4. The van der Waals surface area contributed by atoms with Crippen molar-refractivity contribution >= 4 is 28.5 Å². The number of ether oxygens (including phenoxy) is 2. The molecule has 4 rings (SSSR count). The van der Waals surface area contributed by atoms with Crippen molar-refractivity contribution in [2.24, 2.45) is 0 Å². The summed E-state index contributed by atoms with van der Waals surface area (Å²) in [6.45, 7) is 0.0940. The van der Waals surface area contributed by atoms with E-state index >= 15 is 0 Å². The summed E-state index contributed by atoms with van der Waals surface area (Å²) >= 11 is 0. The van der Waals surface area contributed by atoms with Gasteiger partial charge in [-0.3, -0.25) is 4.79 Å². The second-order valence-corrected chi connectivity index (χ2v) is 6.69. The molecule has 0 aliphatic carbocycles. The molecule has 150 valence electrons. The molecule has 0 radical (unpaired) electrons. The number of hydrogen-bond acceptors (Lipinski definition) is 4. The van der Waals surface area contributed by atoms with Gasteiger partial charge in [0, 0.05) is 16.6 Å². The number of amides is 1. The Hall–Kier alpha value is -4.06. The number of aromatic nitrogens is 1. The molecule has 0 saturated heterocycles. The molecule has 0 aliphatic rings. The summed E-state index contributed by atoms with van der Waals surface area (Å²) in [6.07, 6.45) is 0. The van der Waals surface area contributed by atoms with E-state index in [9.17, 15) is 9.59 Å². The third-order valence-corrected chi connectivity index (χ3v) is 4.47. The largest absolute Gasteiger partial charge is 0.489 e. The fraction of sp³-hybridized carbons (Fsp3) is 0.0833. The van der Waals surface area contributed by atoms with Crippen LogP contribution in [0.2, 0.25) is 0 Å². The molecule has 0 bridgehead atoms. The minimum Gasteiger partial charge on any atom is -0.489 e. The van der Waals surface area contributed by atoms with Crippen molar-refractivity contribution in [1.29, 1.82) is 0 Å². The summed E-state index contributed by atoms with van der Waals surface area (Å²) < 4.78 is 10.8. The van der Waals surface area contributed by atoms with Gasteiger partial charge in [0.2, 0.25) is 0 Å². The van der Waals surface area contributed by atoms with Gasteiger partial charge in [0.1, 0.15) is 18.1 Å². The first-order valence-corrected chi connectivity index (χ1v) is 9.49. The van der Waals surface area contributed by atoms with Gasteiger partial charge in [0.15, 0.2) is 6.61 Å². The van der Waals surface area contributed by atoms with Crippen LogP contribution in [0.25, 0.3) is 10.9 Å². The zero-order valence-corrected chi connectivity index (χ0v) is 16.1. The van der Waals surface area contributed by atoms with E-state index in [0.717, 1.165) is 16.5 Å². The van der Waals surface area contributed by atoms with Crippen LogP contribution in [-0.2, 0) is 16.1 Å². The maximum atomic E-state index is 12.2. The zero-order chi connectivity index (χ0) is 20.8. The van der Waals surface area contributed by atoms with E-state index in [4.69, 9.17) is 9.47 Å². The average Bonchev–Trinajstić information content (AvgIpc) is 3.22. The lowest BCUT2D eigenvalue weighted by atomic mass is 10.2. The maximum Gasteiger partial charge on any atom is 0.355 e. The van der Waals surface area contributed by atoms with E-state index in [1.807, 2.05) is 54.6 Å². The Morgan fingerprint density at radius 3 is 2.37 bits per heavy atom.